The third-order valence-electron chi connectivity index (χ3n) is 0. The Morgan fingerprint density at radius 2 is 0.235 bits per heavy atom. The van der Waals surface area contributed by atoms with Gasteiger partial charge in [-0.05, 0) is 0 Å². The normalized spacial score (nSPS) is 0. The largest absolute Gasteiger partial charge is 3.00 e. The summed E-state index contributed by atoms with van der Waals surface area (Å²) < 4.78 is 0. The van der Waals surface area contributed by atoms with Crippen LogP contribution >= 0.6 is 0 Å². The smallest absolute Gasteiger partial charge is 2.00 e. The number of hydrogen-bond donors (Lipinski definition) is 0. The molecule has 17 heteroatoms. The summed E-state index contributed by atoms with van der Waals surface area (Å²) in [6.45, 7) is 0. The molecule has 0 saturated heterocycles. The van der Waals surface area contributed by atoms with Gasteiger partial charge in [0.25, 0.3) is 0 Å². The monoisotopic (exact) mass is 378 g/mol. The maximum absolute atomic E-state index is 0. The first-order valence-electron chi connectivity index (χ1n) is 0. The van der Waals surface area contributed by atoms with Crippen LogP contribution in [0.1, 0.15) is 0 Å². The van der Waals surface area contributed by atoms with Gasteiger partial charge in [-0.1, -0.05) is 0 Å². The molecule has 0 fully saturated rings. The Hall–Kier alpha value is 1.89. The Kier molecular flexibility index (Phi) is 143000. The zero-order chi connectivity index (χ0) is 0. The zero-order valence-corrected chi connectivity index (χ0v) is 13.3. The molecule has 10 nitrogen and oxygen atoms in total. The topological polar surface area (TPSA) is 285 Å². The van der Waals surface area contributed by atoms with Gasteiger partial charge in [0.1, 0.15) is 0 Å². The third-order valence-corrected chi connectivity index (χ3v) is 0. The Balaban J connectivity index is 0. The molecule has 0 aromatic heterocycles. The van der Waals surface area contributed by atoms with E-state index in [1.165, 1.54) is 0 Å². The average molecular weight is 377 g/mol. The molecule has 0 aliphatic rings. The Bertz CT molecular complexity index is 24.7. The van der Waals surface area contributed by atoms with Gasteiger partial charge in [0, 0.05) is 42.1 Å². The summed E-state index contributed by atoms with van der Waals surface area (Å²) in [5.41, 5.74) is 0. The molecular weight excluding hydrogens is 377 g/mol. The van der Waals surface area contributed by atoms with Crippen LogP contribution in [-0.2, 0) is 54.8 Å². The first-order valence-corrected chi connectivity index (χ1v) is 0. The van der Waals surface area contributed by atoms with Crippen LogP contribution in [0.2, 0.25) is 0 Å². The molecule has 0 bridgehead atoms. The molecule has 0 rings (SSSR count). The van der Waals surface area contributed by atoms with Gasteiger partial charge in [-0.2, -0.15) is 0 Å². The van der Waals surface area contributed by atoms with Crippen molar-refractivity contribution in [3.63, 3.8) is 0 Å². The Morgan fingerprint density at radius 3 is 0.235 bits per heavy atom. The van der Waals surface area contributed by atoms with Crippen LogP contribution in [0.3, 0.4) is 0 Å². The second-order valence-electron chi connectivity index (χ2n) is 0. The molecule has 15 radical (unpaired) electrons. The van der Waals surface area contributed by atoms with Crippen molar-refractivity contribution in [3.8, 4) is 0 Å². The fourth-order valence-corrected chi connectivity index (χ4v) is 0. The van der Waals surface area contributed by atoms with E-state index < -0.39 is 0 Å². The summed E-state index contributed by atoms with van der Waals surface area (Å²) in [4.78, 5) is 0. The van der Waals surface area contributed by atoms with E-state index in [0.717, 1.165) is 0 Å². The van der Waals surface area contributed by atoms with Crippen molar-refractivity contribution < 1.29 is 90.4 Å². The van der Waals surface area contributed by atoms with Crippen LogP contribution in [0, 0.1) is 35.6 Å². The first-order chi connectivity index (χ1) is 0. The zero-order valence-electron chi connectivity index (χ0n) is 8.25. The molecule has 0 aliphatic heterocycles. The van der Waals surface area contributed by atoms with Crippen molar-refractivity contribution >= 4 is 65.1 Å². The predicted molar refractivity (Wildman–Crippen MR) is 41.4 cm³/mol. The maximum atomic E-state index is 0. The van der Waals surface area contributed by atoms with Gasteiger partial charge in [-0.15, -0.1) is 0 Å². The van der Waals surface area contributed by atoms with Gasteiger partial charge in [0.2, 0.25) is 0 Å². The van der Waals surface area contributed by atoms with Gasteiger partial charge in [0.15, 0.2) is 0 Å². The minimum atomic E-state index is 0. The molecule has 0 aliphatic carbocycles. The molecule has 0 amide bonds. The quantitative estimate of drug-likeness (QED) is 0.371. The van der Waals surface area contributed by atoms with Crippen molar-refractivity contribution in [2.45, 2.75) is 0 Å². The molecule has 0 N–H and O–H groups in total. The van der Waals surface area contributed by atoms with E-state index in [0.29, 0.717) is 0 Å². The summed E-state index contributed by atoms with van der Waals surface area (Å²) in [6.07, 6.45) is 0. The van der Waals surface area contributed by atoms with E-state index in [1.54, 1.807) is 0 Å². The van der Waals surface area contributed by atoms with Gasteiger partial charge in [0.05, 0.1) is 0 Å². The van der Waals surface area contributed by atoms with Crippen LogP contribution in [-0.4, -0.2) is 65.1 Å². The molecule has 0 aromatic rings. The molecule has 0 atom stereocenters. The SMILES string of the molecule is [B].[B].[B].[B].[B].[La+3].[Mg+2].[O-2].[O-2].[O-2].[O-2].[O-2].[O-2].[O-2].[O-2].[O-2].[O-2]. The molecule has 95 valence electrons. The van der Waals surface area contributed by atoms with E-state index >= 15 is 0 Å². The molecule has 0 unspecified atom stereocenters. The minimum Gasteiger partial charge on any atom is -2.00 e. The molecule has 17 heavy (non-hydrogen) atoms. The maximum Gasteiger partial charge on any atom is 3.00 e. The number of rotatable bonds is 0. The summed E-state index contributed by atoms with van der Waals surface area (Å²) in [5, 5.41) is 0. The van der Waals surface area contributed by atoms with Crippen LogP contribution in [0.5, 0.6) is 0 Å². The third kappa shape index (κ3) is 1270. The predicted octanol–water partition coefficient (Wildman–Crippen LogP) is -3.47. The average Bonchev–Trinajstić information content (AvgIpc) is 0. The van der Waals surface area contributed by atoms with Crippen molar-refractivity contribution in [1.82, 2.24) is 0 Å². The summed E-state index contributed by atoms with van der Waals surface area (Å²) in [5.74, 6) is 0. The van der Waals surface area contributed by atoms with E-state index in [-0.39, 0.29) is 155 Å². The molecule has 0 spiro atoms. The molecule has 0 aromatic carbocycles. The van der Waals surface area contributed by atoms with E-state index in [1.807, 2.05) is 0 Å². The standard InChI is InChI=1S/5B.La.Mg.10O/q;;;;;+3;+2;10*-2. The van der Waals surface area contributed by atoms with Gasteiger partial charge >= 0.3 is 58.7 Å². The summed E-state index contributed by atoms with van der Waals surface area (Å²) >= 11 is 0. The second-order valence-corrected chi connectivity index (χ2v) is 0. The van der Waals surface area contributed by atoms with E-state index in [4.69, 9.17) is 0 Å². The van der Waals surface area contributed by atoms with Gasteiger partial charge < -0.3 is 54.8 Å². The van der Waals surface area contributed by atoms with Crippen LogP contribution in [0.15, 0.2) is 0 Å². The minimum absolute atomic E-state index is 0. The van der Waals surface area contributed by atoms with Crippen LogP contribution in [0.25, 0.3) is 0 Å². The van der Waals surface area contributed by atoms with Crippen LogP contribution in [0.4, 0.5) is 0 Å². The first kappa shape index (κ1) is 1700. The van der Waals surface area contributed by atoms with Gasteiger partial charge in [-0.25, -0.2) is 0 Å². The summed E-state index contributed by atoms with van der Waals surface area (Å²) in [7, 11) is 0. The van der Waals surface area contributed by atoms with E-state index in [9.17, 15) is 0 Å². The summed E-state index contributed by atoms with van der Waals surface area (Å²) in [6, 6.07) is 0. The molecule has 0 saturated carbocycles. The van der Waals surface area contributed by atoms with Gasteiger partial charge in [-0.3, -0.25) is 0 Å². The van der Waals surface area contributed by atoms with E-state index in [2.05, 4.69) is 0 Å². The van der Waals surface area contributed by atoms with Crippen LogP contribution < -0.4 is 0 Å². The van der Waals surface area contributed by atoms with Crippen molar-refractivity contribution in [3.05, 3.63) is 0 Å². The Morgan fingerprint density at radius 1 is 0.235 bits per heavy atom. The van der Waals surface area contributed by atoms with Crippen molar-refractivity contribution in [2.75, 3.05) is 0 Å². The molecule has 0 heterocycles. The number of hydrogen-bond acceptors (Lipinski definition) is 0. The van der Waals surface area contributed by atoms with Crippen molar-refractivity contribution in [2.24, 2.45) is 0 Å². The van der Waals surface area contributed by atoms with Crippen molar-refractivity contribution in [1.29, 1.82) is 0 Å². The fourth-order valence-electron chi connectivity index (χ4n) is 0. The molecular formula is B5LaMgO10-15. The Labute approximate surface area is 154 Å². The second kappa shape index (κ2) is 1430. The fraction of sp³-hybridized carbons (Fsp3) is 0.